The molecule has 1 saturated heterocycles. The Hall–Kier alpha value is -1.22. The van der Waals surface area contributed by atoms with Crippen LogP contribution in [0.15, 0.2) is 24.3 Å². The number of benzene rings is 1. The molecule has 0 aliphatic carbocycles. The molecule has 2 rings (SSSR count). The minimum Gasteiger partial charge on any atom is -0.399 e. The van der Waals surface area contributed by atoms with Gasteiger partial charge in [-0.25, -0.2) is 0 Å². The number of nitrogen functional groups attached to an aromatic ring is 1. The summed E-state index contributed by atoms with van der Waals surface area (Å²) in [5.74, 6) is 0.698. The Bertz CT molecular complexity index is 408. The first-order chi connectivity index (χ1) is 7.58. The van der Waals surface area contributed by atoms with E-state index in [1.165, 1.54) is 0 Å². The van der Waals surface area contributed by atoms with Crippen molar-refractivity contribution in [3.05, 3.63) is 29.8 Å². The standard InChI is InChI=1S/C13H18N2O.ClH/c1-9-6-10(2)15(8-9)13(16)11-4-3-5-12(14)7-11;/h3-5,7,9-10H,6,8,14H2,1-2H3;1H. The fourth-order valence-electron chi connectivity index (χ4n) is 2.42. The first-order valence-corrected chi connectivity index (χ1v) is 5.74. The number of amides is 1. The number of rotatable bonds is 1. The zero-order chi connectivity index (χ0) is 11.7. The van der Waals surface area contributed by atoms with Crippen molar-refractivity contribution in [1.82, 2.24) is 4.90 Å². The number of nitrogens with zero attached hydrogens (tertiary/aromatic N) is 1. The monoisotopic (exact) mass is 254 g/mol. The molecule has 94 valence electrons. The van der Waals surface area contributed by atoms with Gasteiger partial charge in [0.15, 0.2) is 0 Å². The Morgan fingerprint density at radius 1 is 1.41 bits per heavy atom. The lowest BCUT2D eigenvalue weighted by molar-refractivity contribution is 0.0744. The zero-order valence-electron chi connectivity index (χ0n) is 10.2. The summed E-state index contributed by atoms with van der Waals surface area (Å²) in [6.45, 7) is 5.14. The van der Waals surface area contributed by atoms with Crippen LogP contribution in [0.5, 0.6) is 0 Å². The topological polar surface area (TPSA) is 46.3 Å². The third kappa shape index (κ3) is 2.91. The normalized spacial score (nSPS) is 23.3. The van der Waals surface area contributed by atoms with Gasteiger partial charge in [-0.3, -0.25) is 4.79 Å². The lowest BCUT2D eigenvalue weighted by Gasteiger charge is -2.21. The number of nitrogens with two attached hydrogens (primary N) is 1. The van der Waals surface area contributed by atoms with Crippen molar-refractivity contribution in [2.24, 2.45) is 5.92 Å². The van der Waals surface area contributed by atoms with Gasteiger partial charge in [0.05, 0.1) is 0 Å². The van der Waals surface area contributed by atoms with E-state index in [4.69, 9.17) is 5.73 Å². The molecule has 0 aromatic heterocycles. The number of carbonyl (C=O) groups is 1. The Balaban J connectivity index is 0.00000144. The maximum atomic E-state index is 12.2. The summed E-state index contributed by atoms with van der Waals surface area (Å²) in [5, 5.41) is 0. The van der Waals surface area contributed by atoms with Crippen LogP contribution in [0.4, 0.5) is 5.69 Å². The van der Waals surface area contributed by atoms with Gasteiger partial charge >= 0.3 is 0 Å². The van der Waals surface area contributed by atoms with Crippen LogP contribution in [-0.4, -0.2) is 23.4 Å². The molecule has 1 amide bonds. The van der Waals surface area contributed by atoms with Crippen molar-refractivity contribution < 1.29 is 4.79 Å². The molecule has 0 spiro atoms. The van der Waals surface area contributed by atoms with E-state index in [0.717, 1.165) is 13.0 Å². The Labute approximate surface area is 108 Å². The molecule has 1 aromatic carbocycles. The third-order valence-electron chi connectivity index (χ3n) is 3.18. The highest BCUT2D eigenvalue weighted by molar-refractivity contribution is 5.95. The first-order valence-electron chi connectivity index (χ1n) is 5.74. The molecule has 3 nitrogen and oxygen atoms in total. The van der Waals surface area contributed by atoms with E-state index in [0.29, 0.717) is 23.2 Å². The van der Waals surface area contributed by atoms with Crippen molar-refractivity contribution in [2.75, 3.05) is 12.3 Å². The molecule has 1 aliphatic heterocycles. The van der Waals surface area contributed by atoms with Crippen LogP contribution in [0.3, 0.4) is 0 Å². The minimum atomic E-state index is 0. The molecular formula is C13H19ClN2O. The summed E-state index contributed by atoms with van der Waals surface area (Å²) < 4.78 is 0. The van der Waals surface area contributed by atoms with Crippen LogP contribution < -0.4 is 5.73 Å². The van der Waals surface area contributed by atoms with Crippen molar-refractivity contribution >= 4 is 24.0 Å². The average molecular weight is 255 g/mol. The van der Waals surface area contributed by atoms with Crippen LogP contribution in [0.2, 0.25) is 0 Å². The highest BCUT2D eigenvalue weighted by Crippen LogP contribution is 2.24. The highest BCUT2D eigenvalue weighted by atomic mass is 35.5. The summed E-state index contributed by atoms with van der Waals surface area (Å²) in [5.41, 5.74) is 7.03. The molecule has 2 N–H and O–H groups in total. The predicted molar refractivity (Wildman–Crippen MR) is 72.4 cm³/mol. The quantitative estimate of drug-likeness (QED) is 0.783. The Kier molecular flexibility index (Phi) is 4.40. The number of carbonyl (C=O) groups excluding carboxylic acids is 1. The highest BCUT2D eigenvalue weighted by Gasteiger charge is 2.30. The van der Waals surface area contributed by atoms with E-state index >= 15 is 0 Å². The van der Waals surface area contributed by atoms with Crippen molar-refractivity contribution in [1.29, 1.82) is 0 Å². The van der Waals surface area contributed by atoms with Gasteiger partial charge in [0.25, 0.3) is 5.91 Å². The van der Waals surface area contributed by atoms with Gasteiger partial charge in [-0.05, 0) is 37.5 Å². The van der Waals surface area contributed by atoms with Crippen LogP contribution >= 0.6 is 12.4 Å². The van der Waals surface area contributed by atoms with Crippen LogP contribution in [0.25, 0.3) is 0 Å². The second-order valence-corrected chi connectivity index (χ2v) is 4.77. The van der Waals surface area contributed by atoms with Gasteiger partial charge in [-0.15, -0.1) is 12.4 Å². The molecule has 1 heterocycles. The average Bonchev–Trinajstić information content (AvgIpc) is 2.57. The largest absolute Gasteiger partial charge is 0.399 e. The van der Waals surface area contributed by atoms with E-state index in [9.17, 15) is 4.79 Å². The second-order valence-electron chi connectivity index (χ2n) is 4.77. The summed E-state index contributed by atoms with van der Waals surface area (Å²) >= 11 is 0. The Morgan fingerprint density at radius 2 is 2.12 bits per heavy atom. The maximum Gasteiger partial charge on any atom is 0.254 e. The zero-order valence-corrected chi connectivity index (χ0v) is 11.0. The van der Waals surface area contributed by atoms with Gasteiger partial charge in [0.2, 0.25) is 0 Å². The fraction of sp³-hybridized carbons (Fsp3) is 0.462. The van der Waals surface area contributed by atoms with Crippen LogP contribution in [-0.2, 0) is 0 Å². The van der Waals surface area contributed by atoms with E-state index in [-0.39, 0.29) is 18.3 Å². The summed E-state index contributed by atoms with van der Waals surface area (Å²) in [6.07, 6.45) is 1.09. The molecule has 2 atom stereocenters. The van der Waals surface area contributed by atoms with Crippen LogP contribution in [0, 0.1) is 5.92 Å². The molecule has 4 heteroatoms. The minimum absolute atomic E-state index is 0. The third-order valence-corrected chi connectivity index (χ3v) is 3.18. The van der Waals surface area contributed by atoms with Gasteiger partial charge in [-0.2, -0.15) is 0 Å². The molecule has 1 aromatic rings. The molecule has 1 fully saturated rings. The lowest BCUT2D eigenvalue weighted by atomic mass is 10.1. The van der Waals surface area contributed by atoms with Crippen molar-refractivity contribution in [2.45, 2.75) is 26.3 Å². The lowest BCUT2D eigenvalue weighted by Crippen LogP contribution is -2.33. The summed E-state index contributed by atoms with van der Waals surface area (Å²) in [4.78, 5) is 14.2. The van der Waals surface area contributed by atoms with Gasteiger partial charge in [0, 0.05) is 23.8 Å². The number of anilines is 1. The molecule has 0 radical (unpaired) electrons. The summed E-state index contributed by atoms with van der Waals surface area (Å²) in [6, 6.07) is 7.54. The van der Waals surface area contributed by atoms with E-state index in [1.807, 2.05) is 17.0 Å². The maximum absolute atomic E-state index is 12.2. The smallest absolute Gasteiger partial charge is 0.254 e. The number of halogens is 1. The SMILES string of the molecule is CC1CC(C)N(C(=O)c2cccc(N)c2)C1.Cl. The second kappa shape index (κ2) is 5.41. The molecule has 0 saturated carbocycles. The molecule has 17 heavy (non-hydrogen) atoms. The van der Waals surface area contributed by atoms with Gasteiger partial charge in [0.1, 0.15) is 0 Å². The van der Waals surface area contributed by atoms with E-state index < -0.39 is 0 Å². The van der Waals surface area contributed by atoms with Crippen molar-refractivity contribution in [3.63, 3.8) is 0 Å². The van der Waals surface area contributed by atoms with E-state index in [2.05, 4.69) is 13.8 Å². The Morgan fingerprint density at radius 3 is 2.65 bits per heavy atom. The molecular weight excluding hydrogens is 236 g/mol. The van der Waals surface area contributed by atoms with Gasteiger partial charge in [-0.1, -0.05) is 13.0 Å². The molecule has 2 unspecified atom stereocenters. The number of hydrogen-bond acceptors (Lipinski definition) is 2. The predicted octanol–water partition coefficient (Wildman–Crippen LogP) is 2.56. The van der Waals surface area contributed by atoms with Crippen LogP contribution in [0.1, 0.15) is 30.6 Å². The van der Waals surface area contributed by atoms with E-state index in [1.54, 1.807) is 12.1 Å². The number of hydrogen-bond donors (Lipinski definition) is 1. The number of likely N-dealkylation sites (tertiary alicyclic amines) is 1. The summed E-state index contributed by atoms with van der Waals surface area (Å²) in [7, 11) is 0. The fourth-order valence-corrected chi connectivity index (χ4v) is 2.42. The molecule has 0 bridgehead atoms. The van der Waals surface area contributed by atoms with Gasteiger partial charge < -0.3 is 10.6 Å². The van der Waals surface area contributed by atoms with Crippen molar-refractivity contribution in [3.8, 4) is 0 Å². The first kappa shape index (κ1) is 13.8. The molecule has 1 aliphatic rings.